The van der Waals surface area contributed by atoms with Crippen LogP contribution >= 0.6 is 7.75 Å². The van der Waals surface area contributed by atoms with Gasteiger partial charge in [-0.2, -0.15) is 4.67 Å². The SMILES string of the molecule is CCOC(=O)C1=C[C@H]2[C@@H]([C@@H](O)C1)N2P(=O)(OCC)OCC. The van der Waals surface area contributed by atoms with Gasteiger partial charge in [-0.25, -0.2) is 9.36 Å². The number of hydrogen-bond donors (Lipinski definition) is 1. The average Bonchev–Trinajstić information content (AvgIpc) is 3.15. The lowest BCUT2D eigenvalue weighted by Gasteiger charge is -2.19. The topological polar surface area (TPSA) is 85.1 Å². The molecule has 1 heterocycles. The van der Waals surface area contributed by atoms with Crippen LogP contribution < -0.4 is 0 Å². The van der Waals surface area contributed by atoms with Gasteiger partial charge in [-0.05, 0) is 20.8 Å². The minimum atomic E-state index is -3.42. The van der Waals surface area contributed by atoms with Gasteiger partial charge >= 0.3 is 13.7 Å². The summed E-state index contributed by atoms with van der Waals surface area (Å²) in [6, 6.07) is -0.635. The van der Waals surface area contributed by atoms with Crippen LogP contribution in [0.25, 0.3) is 0 Å². The second kappa shape index (κ2) is 6.58. The number of esters is 1. The van der Waals surface area contributed by atoms with Crippen LogP contribution in [-0.2, 0) is 23.1 Å². The van der Waals surface area contributed by atoms with E-state index in [1.54, 1.807) is 26.8 Å². The van der Waals surface area contributed by atoms with Gasteiger partial charge in [0.25, 0.3) is 0 Å². The molecule has 8 heteroatoms. The maximum atomic E-state index is 12.7. The number of carbonyl (C=O) groups excluding carboxylic acids is 1. The van der Waals surface area contributed by atoms with Gasteiger partial charge in [0.05, 0.1) is 38.0 Å². The molecular formula is C13H22NO6P. The molecular weight excluding hydrogens is 297 g/mol. The van der Waals surface area contributed by atoms with Gasteiger partial charge in [-0.3, -0.25) is 9.05 Å². The third kappa shape index (κ3) is 3.22. The minimum Gasteiger partial charge on any atom is -0.463 e. The van der Waals surface area contributed by atoms with Crippen LogP contribution in [0.5, 0.6) is 0 Å². The van der Waals surface area contributed by atoms with E-state index in [0.717, 1.165) is 0 Å². The van der Waals surface area contributed by atoms with Gasteiger partial charge in [-0.15, -0.1) is 0 Å². The molecule has 0 spiro atoms. The molecule has 1 aliphatic carbocycles. The van der Waals surface area contributed by atoms with E-state index < -0.39 is 19.8 Å². The molecule has 0 aromatic rings. The molecule has 1 aliphatic heterocycles. The van der Waals surface area contributed by atoms with E-state index in [-0.39, 0.29) is 38.3 Å². The largest absolute Gasteiger partial charge is 0.463 e. The number of nitrogens with zero attached hydrogens (tertiary/aromatic N) is 1. The predicted molar refractivity (Wildman–Crippen MR) is 75.6 cm³/mol. The van der Waals surface area contributed by atoms with E-state index in [9.17, 15) is 14.5 Å². The number of aliphatic hydroxyl groups is 1. The van der Waals surface area contributed by atoms with Crippen LogP contribution in [0.3, 0.4) is 0 Å². The first-order valence-electron chi connectivity index (χ1n) is 7.22. The molecule has 0 aromatic carbocycles. The smallest absolute Gasteiger partial charge is 0.409 e. The molecule has 2 aliphatic rings. The summed E-state index contributed by atoms with van der Waals surface area (Å²) in [4.78, 5) is 11.8. The zero-order valence-electron chi connectivity index (χ0n) is 12.5. The van der Waals surface area contributed by atoms with E-state index in [4.69, 9.17) is 13.8 Å². The Hall–Kier alpha value is -0.720. The van der Waals surface area contributed by atoms with Gasteiger partial charge in [0.15, 0.2) is 0 Å². The summed E-state index contributed by atoms with van der Waals surface area (Å²) >= 11 is 0. The molecule has 0 saturated carbocycles. The summed E-state index contributed by atoms with van der Waals surface area (Å²) in [7, 11) is -3.42. The summed E-state index contributed by atoms with van der Waals surface area (Å²) in [5.41, 5.74) is 0.410. The zero-order valence-corrected chi connectivity index (χ0v) is 13.4. The lowest BCUT2D eigenvalue weighted by Crippen LogP contribution is -2.25. The summed E-state index contributed by atoms with van der Waals surface area (Å²) in [5.74, 6) is -0.440. The van der Waals surface area contributed by atoms with Crippen molar-refractivity contribution in [3.8, 4) is 0 Å². The number of ether oxygens (including phenoxy) is 1. The van der Waals surface area contributed by atoms with Gasteiger partial charge in [0.1, 0.15) is 0 Å². The lowest BCUT2D eigenvalue weighted by molar-refractivity contribution is -0.139. The monoisotopic (exact) mass is 319 g/mol. The second-order valence-electron chi connectivity index (χ2n) is 4.85. The molecule has 120 valence electrons. The minimum absolute atomic E-state index is 0.189. The molecule has 0 aromatic heterocycles. The highest BCUT2D eigenvalue weighted by molar-refractivity contribution is 7.51. The van der Waals surface area contributed by atoms with Gasteiger partial charge < -0.3 is 9.84 Å². The molecule has 1 unspecified atom stereocenters. The third-order valence-electron chi connectivity index (χ3n) is 3.47. The summed E-state index contributed by atoms with van der Waals surface area (Å²) in [6.07, 6.45) is 1.10. The average molecular weight is 319 g/mol. The third-order valence-corrected chi connectivity index (χ3v) is 5.74. The highest BCUT2D eigenvalue weighted by atomic mass is 31.2. The molecule has 1 fully saturated rings. The second-order valence-corrected chi connectivity index (χ2v) is 6.76. The van der Waals surface area contributed by atoms with Crippen LogP contribution in [0.1, 0.15) is 27.2 Å². The first-order valence-corrected chi connectivity index (χ1v) is 8.71. The molecule has 0 radical (unpaired) electrons. The van der Waals surface area contributed by atoms with Gasteiger partial charge in [0.2, 0.25) is 0 Å². The molecule has 0 amide bonds. The van der Waals surface area contributed by atoms with E-state index in [2.05, 4.69) is 0 Å². The van der Waals surface area contributed by atoms with Crippen LogP contribution in [0.2, 0.25) is 0 Å². The molecule has 2 rings (SSSR count). The Morgan fingerprint density at radius 2 is 1.95 bits per heavy atom. The molecule has 1 N–H and O–H groups in total. The van der Waals surface area contributed by atoms with Crippen molar-refractivity contribution in [2.75, 3.05) is 19.8 Å². The van der Waals surface area contributed by atoms with Crippen molar-refractivity contribution >= 4 is 13.7 Å². The van der Waals surface area contributed by atoms with Crippen molar-refractivity contribution in [2.45, 2.75) is 45.4 Å². The molecule has 4 atom stereocenters. The fourth-order valence-corrected chi connectivity index (χ4v) is 4.73. The van der Waals surface area contributed by atoms with Crippen molar-refractivity contribution in [1.29, 1.82) is 0 Å². The fourth-order valence-electron chi connectivity index (χ4n) is 2.65. The van der Waals surface area contributed by atoms with Crippen molar-refractivity contribution < 1.29 is 28.3 Å². The van der Waals surface area contributed by atoms with Crippen molar-refractivity contribution in [2.24, 2.45) is 0 Å². The van der Waals surface area contributed by atoms with Gasteiger partial charge in [0, 0.05) is 12.0 Å². The standard InChI is InChI=1S/C13H22NO6P/c1-4-18-13(16)9-7-10-12(11(15)8-9)14(10)21(17,19-5-2)20-6-3/h7,10-12,15H,4-6,8H2,1-3H3/t10-,11-,12-,14?/m0/s1. The number of fused-ring (bicyclic) bond motifs is 1. The van der Waals surface area contributed by atoms with Crippen molar-refractivity contribution in [1.82, 2.24) is 4.67 Å². The first-order chi connectivity index (χ1) is 9.98. The normalized spacial score (nSPS) is 31.3. The van der Waals surface area contributed by atoms with Crippen LogP contribution in [0.4, 0.5) is 0 Å². The molecule has 7 nitrogen and oxygen atoms in total. The Bertz CT molecular complexity index is 469. The molecule has 1 saturated heterocycles. The first kappa shape index (κ1) is 16.6. The van der Waals surface area contributed by atoms with Gasteiger partial charge in [-0.1, -0.05) is 6.08 Å². The summed E-state index contributed by atoms with van der Waals surface area (Å²) < 4.78 is 29.7. The Balaban J connectivity index is 2.17. The van der Waals surface area contributed by atoms with Crippen LogP contribution in [0, 0.1) is 0 Å². The number of rotatable bonds is 7. The van der Waals surface area contributed by atoms with Crippen molar-refractivity contribution in [3.05, 3.63) is 11.6 Å². The molecule has 21 heavy (non-hydrogen) atoms. The maximum Gasteiger partial charge on any atom is 0.409 e. The summed E-state index contributed by atoms with van der Waals surface area (Å²) in [6.45, 7) is 5.96. The predicted octanol–water partition coefficient (Wildman–Crippen LogP) is 1.47. The number of hydrogen-bond acceptors (Lipinski definition) is 6. The molecule has 0 bridgehead atoms. The summed E-state index contributed by atoms with van der Waals surface area (Å²) in [5, 5.41) is 10.2. The quantitative estimate of drug-likeness (QED) is 0.432. The van der Waals surface area contributed by atoms with Crippen molar-refractivity contribution in [3.63, 3.8) is 0 Å². The van der Waals surface area contributed by atoms with E-state index in [0.29, 0.717) is 5.57 Å². The maximum absolute atomic E-state index is 12.7. The Morgan fingerprint density at radius 1 is 1.33 bits per heavy atom. The van der Waals surface area contributed by atoms with E-state index in [1.807, 2.05) is 0 Å². The Labute approximate surface area is 124 Å². The van der Waals surface area contributed by atoms with Crippen LogP contribution in [0.15, 0.2) is 11.6 Å². The van der Waals surface area contributed by atoms with E-state index >= 15 is 0 Å². The number of carbonyl (C=O) groups is 1. The van der Waals surface area contributed by atoms with E-state index in [1.165, 1.54) is 4.67 Å². The Kier molecular flexibility index (Phi) is 5.22. The number of aliphatic hydroxyl groups excluding tert-OH is 1. The fraction of sp³-hybridized carbons (Fsp3) is 0.769. The lowest BCUT2D eigenvalue weighted by atomic mass is 9.97. The zero-order chi connectivity index (χ0) is 15.6. The highest BCUT2D eigenvalue weighted by Crippen LogP contribution is 2.63. The Morgan fingerprint density at radius 3 is 2.48 bits per heavy atom. The van der Waals surface area contributed by atoms with Crippen LogP contribution in [-0.4, -0.2) is 53.8 Å². The highest BCUT2D eigenvalue weighted by Gasteiger charge is 2.62.